The Labute approximate surface area is 135 Å². The van der Waals surface area contributed by atoms with Gasteiger partial charge in [0, 0.05) is 29.1 Å². The molecular formula is C18H16ClNO2. The van der Waals surface area contributed by atoms with Crippen LogP contribution in [0.4, 0.5) is 5.69 Å². The van der Waals surface area contributed by atoms with E-state index in [1.54, 1.807) is 43.5 Å². The van der Waals surface area contributed by atoms with Gasteiger partial charge in [-0.25, -0.2) is 0 Å². The first-order chi connectivity index (χ1) is 10.7. The van der Waals surface area contributed by atoms with E-state index in [0.29, 0.717) is 17.9 Å². The lowest BCUT2D eigenvalue weighted by Crippen LogP contribution is -2.10. The lowest BCUT2D eigenvalue weighted by molar-refractivity contribution is -0.116. The van der Waals surface area contributed by atoms with Crippen LogP contribution in [0.1, 0.15) is 18.4 Å². The van der Waals surface area contributed by atoms with Crippen LogP contribution in [0, 0.1) is 11.8 Å². The molecular weight excluding hydrogens is 298 g/mol. The highest BCUT2D eigenvalue weighted by Gasteiger charge is 2.01. The summed E-state index contributed by atoms with van der Waals surface area (Å²) in [4.78, 5) is 11.8. The fraction of sp³-hybridized carbons (Fsp3) is 0.167. The molecule has 0 radical (unpaired) electrons. The molecule has 1 N–H and O–H groups in total. The van der Waals surface area contributed by atoms with Crippen molar-refractivity contribution < 1.29 is 9.53 Å². The number of ether oxygens (including phenoxy) is 1. The molecule has 0 saturated heterocycles. The van der Waals surface area contributed by atoms with Crippen LogP contribution in [-0.4, -0.2) is 13.0 Å². The van der Waals surface area contributed by atoms with Crippen molar-refractivity contribution in [3.05, 3.63) is 59.1 Å². The van der Waals surface area contributed by atoms with Crippen molar-refractivity contribution in [2.45, 2.75) is 12.8 Å². The summed E-state index contributed by atoms with van der Waals surface area (Å²) >= 11 is 5.80. The van der Waals surface area contributed by atoms with Gasteiger partial charge in [0.25, 0.3) is 0 Å². The van der Waals surface area contributed by atoms with Crippen molar-refractivity contribution in [3.63, 3.8) is 0 Å². The van der Waals surface area contributed by atoms with Gasteiger partial charge in [0.15, 0.2) is 0 Å². The molecule has 3 nitrogen and oxygen atoms in total. The summed E-state index contributed by atoms with van der Waals surface area (Å²) in [6, 6.07) is 14.5. The highest BCUT2D eigenvalue weighted by atomic mass is 35.5. The van der Waals surface area contributed by atoms with Crippen LogP contribution < -0.4 is 10.1 Å². The summed E-state index contributed by atoms with van der Waals surface area (Å²) in [5.74, 6) is 6.68. The predicted molar refractivity (Wildman–Crippen MR) is 89.2 cm³/mol. The first-order valence-corrected chi connectivity index (χ1v) is 7.23. The van der Waals surface area contributed by atoms with Crippen LogP contribution in [0.2, 0.25) is 5.02 Å². The molecule has 0 aromatic heterocycles. The lowest BCUT2D eigenvalue weighted by Gasteiger charge is -2.05. The number of amides is 1. The maximum absolute atomic E-state index is 11.8. The molecule has 0 fully saturated rings. The zero-order valence-electron chi connectivity index (χ0n) is 12.2. The maximum Gasteiger partial charge on any atom is 0.225 e. The molecule has 0 saturated carbocycles. The molecule has 4 heteroatoms. The van der Waals surface area contributed by atoms with Gasteiger partial charge in [0.2, 0.25) is 5.91 Å². The van der Waals surface area contributed by atoms with Gasteiger partial charge in [-0.1, -0.05) is 23.4 Å². The summed E-state index contributed by atoms with van der Waals surface area (Å²) in [7, 11) is 1.60. The first kappa shape index (κ1) is 15.9. The second kappa shape index (κ2) is 8.11. The smallest absolute Gasteiger partial charge is 0.225 e. The minimum atomic E-state index is -0.0597. The predicted octanol–water partition coefficient (Wildman–Crippen LogP) is 4.12. The van der Waals surface area contributed by atoms with Gasteiger partial charge in [-0.15, -0.1) is 0 Å². The quantitative estimate of drug-likeness (QED) is 0.862. The Morgan fingerprint density at radius 1 is 1.14 bits per heavy atom. The number of anilines is 1. The number of halogens is 1. The molecule has 2 aromatic carbocycles. The molecule has 22 heavy (non-hydrogen) atoms. The van der Waals surface area contributed by atoms with E-state index in [2.05, 4.69) is 17.2 Å². The maximum atomic E-state index is 11.8. The van der Waals surface area contributed by atoms with Crippen LogP contribution in [0.3, 0.4) is 0 Å². The van der Waals surface area contributed by atoms with E-state index < -0.39 is 0 Å². The Kier molecular flexibility index (Phi) is 5.88. The Morgan fingerprint density at radius 3 is 2.45 bits per heavy atom. The zero-order valence-corrected chi connectivity index (χ0v) is 13.0. The molecule has 0 spiro atoms. The van der Waals surface area contributed by atoms with Gasteiger partial charge in [-0.05, 0) is 48.5 Å². The van der Waals surface area contributed by atoms with Gasteiger partial charge in [-0.3, -0.25) is 4.79 Å². The van der Waals surface area contributed by atoms with Crippen LogP contribution >= 0.6 is 11.6 Å². The largest absolute Gasteiger partial charge is 0.497 e. The number of hydrogen-bond acceptors (Lipinski definition) is 2. The minimum Gasteiger partial charge on any atom is -0.497 e. The number of nitrogens with one attached hydrogen (secondary N) is 1. The summed E-state index contributed by atoms with van der Waals surface area (Å²) in [5.41, 5.74) is 1.64. The molecule has 0 aliphatic carbocycles. The molecule has 0 atom stereocenters. The lowest BCUT2D eigenvalue weighted by atomic mass is 10.2. The van der Waals surface area contributed by atoms with E-state index in [1.807, 2.05) is 12.1 Å². The van der Waals surface area contributed by atoms with Gasteiger partial charge in [-0.2, -0.15) is 0 Å². The van der Waals surface area contributed by atoms with Crippen LogP contribution in [0.25, 0.3) is 0 Å². The Hall–Kier alpha value is -2.44. The van der Waals surface area contributed by atoms with Gasteiger partial charge in [0.1, 0.15) is 5.75 Å². The molecule has 1 amide bonds. The fourth-order valence-corrected chi connectivity index (χ4v) is 1.90. The van der Waals surface area contributed by atoms with Crippen LogP contribution in [0.15, 0.2) is 48.5 Å². The molecule has 2 rings (SSSR count). The molecule has 0 heterocycles. The first-order valence-electron chi connectivity index (χ1n) is 6.86. The number of hydrogen-bond donors (Lipinski definition) is 1. The summed E-state index contributed by atoms with van der Waals surface area (Å²) < 4.78 is 5.06. The van der Waals surface area contributed by atoms with Crippen molar-refractivity contribution in [3.8, 4) is 17.6 Å². The molecule has 0 bridgehead atoms. The van der Waals surface area contributed by atoms with Crippen molar-refractivity contribution in [1.29, 1.82) is 0 Å². The Morgan fingerprint density at radius 2 is 1.82 bits per heavy atom. The van der Waals surface area contributed by atoms with Crippen molar-refractivity contribution in [1.82, 2.24) is 0 Å². The van der Waals surface area contributed by atoms with Crippen molar-refractivity contribution in [2.24, 2.45) is 0 Å². The van der Waals surface area contributed by atoms with Crippen LogP contribution in [0.5, 0.6) is 5.75 Å². The molecule has 112 valence electrons. The SMILES string of the molecule is COc1ccc(NC(=O)CCC#Cc2ccc(Cl)cc2)cc1. The Bertz CT molecular complexity index is 682. The molecule has 0 aliphatic rings. The van der Waals surface area contributed by atoms with E-state index in [4.69, 9.17) is 16.3 Å². The number of benzene rings is 2. The average molecular weight is 314 g/mol. The van der Waals surface area contributed by atoms with E-state index in [-0.39, 0.29) is 5.91 Å². The summed E-state index contributed by atoms with van der Waals surface area (Å²) in [5, 5.41) is 3.50. The fourth-order valence-electron chi connectivity index (χ4n) is 1.77. The van der Waals surface area contributed by atoms with E-state index in [1.165, 1.54) is 0 Å². The highest BCUT2D eigenvalue weighted by molar-refractivity contribution is 6.30. The van der Waals surface area contributed by atoms with Gasteiger partial charge >= 0.3 is 0 Å². The molecule has 0 aliphatic heterocycles. The number of carbonyl (C=O) groups is 1. The van der Waals surface area contributed by atoms with Crippen molar-refractivity contribution in [2.75, 3.05) is 12.4 Å². The van der Waals surface area contributed by atoms with Gasteiger partial charge in [0.05, 0.1) is 7.11 Å². The van der Waals surface area contributed by atoms with Gasteiger partial charge < -0.3 is 10.1 Å². The zero-order chi connectivity index (χ0) is 15.8. The van der Waals surface area contributed by atoms with E-state index >= 15 is 0 Å². The second-order valence-electron chi connectivity index (χ2n) is 4.59. The monoisotopic (exact) mass is 313 g/mol. The van der Waals surface area contributed by atoms with E-state index in [0.717, 1.165) is 17.0 Å². The second-order valence-corrected chi connectivity index (χ2v) is 5.02. The number of rotatable bonds is 4. The third kappa shape index (κ3) is 5.16. The molecule has 2 aromatic rings. The standard InChI is InChI=1S/C18H16ClNO2/c1-22-17-12-10-16(11-13-17)20-18(21)5-3-2-4-14-6-8-15(19)9-7-14/h6-13H,3,5H2,1H3,(H,20,21). The topological polar surface area (TPSA) is 38.3 Å². The average Bonchev–Trinajstić information content (AvgIpc) is 2.54. The number of carbonyl (C=O) groups excluding carboxylic acids is 1. The Balaban J connectivity index is 1.79. The summed E-state index contributed by atoms with van der Waals surface area (Å²) in [6.45, 7) is 0. The minimum absolute atomic E-state index is 0.0597. The third-order valence-corrected chi connectivity index (χ3v) is 3.18. The summed E-state index contributed by atoms with van der Waals surface area (Å²) in [6.07, 6.45) is 0.858. The van der Waals surface area contributed by atoms with Crippen molar-refractivity contribution >= 4 is 23.2 Å². The van der Waals surface area contributed by atoms with Crippen LogP contribution in [-0.2, 0) is 4.79 Å². The molecule has 0 unspecified atom stereocenters. The normalized spacial score (nSPS) is 9.55. The van der Waals surface area contributed by atoms with E-state index in [9.17, 15) is 4.79 Å². The third-order valence-electron chi connectivity index (χ3n) is 2.93. The highest BCUT2D eigenvalue weighted by Crippen LogP contribution is 2.15. The number of methoxy groups -OCH3 is 1.